The van der Waals surface area contributed by atoms with E-state index in [9.17, 15) is 9.59 Å². The van der Waals surface area contributed by atoms with Crippen molar-refractivity contribution < 1.29 is 9.59 Å². The van der Waals surface area contributed by atoms with Crippen LogP contribution in [0.2, 0.25) is 0 Å². The van der Waals surface area contributed by atoms with Crippen molar-refractivity contribution in [1.82, 2.24) is 0 Å². The lowest BCUT2D eigenvalue weighted by atomic mass is 9.87. The molecule has 0 aliphatic heterocycles. The molecule has 4 N–H and O–H groups in total. The molecule has 2 amide bonds. The molecule has 0 saturated heterocycles. The molecule has 0 saturated carbocycles. The Morgan fingerprint density at radius 2 is 1.54 bits per heavy atom. The molecule has 0 fully saturated rings. The minimum Gasteiger partial charge on any atom is -0.366 e. The van der Waals surface area contributed by atoms with Gasteiger partial charge in [-0.15, -0.1) is 0 Å². The predicted molar refractivity (Wildman–Crippen MR) is 96.9 cm³/mol. The Bertz CT molecular complexity index is 766. The van der Waals surface area contributed by atoms with Gasteiger partial charge in [0.1, 0.15) is 0 Å². The summed E-state index contributed by atoms with van der Waals surface area (Å²) in [6.07, 6.45) is 3.53. The molecule has 4 nitrogen and oxygen atoms in total. The zero-order chi connectivity index (χ0) is 17.7. The number of primary amides is 2. The number of carbonyl (C=O) groups excluding carboxylic acids is 2. The van der Waals surface area contributed by atoms with E-state index in [1.807, 2.05) is 18.2 Å². The van der Waals surface area contributed by atoms with E-state index >= 15 is 0 Å². The normalized spacial score (nSPS) is 10.6. The molecule has 2 rings (SSSR count). The van der Waals surface area contributed by atoms with Gasteiger partial charge in [-0.25, -0.2) is 0 Å². The van der Waals surface area contributed by atoms with E-state index in [-0.39, 0.29) is 0 Å². The number of rotatable bonds is 7. The number of hydrogen-bond acceptors (Lipinski definition) is 2. The molecule has 0 bridgehead atoms. The summed E-state index contributed by atoms with van der Waals surface area (Å²) in [6, 6.07) is 11.4. The second-order valence-corrected chi connectivity index (χ2v) is 5.94. The first-order chi connectivity index (χ1) is 11.5. The van der Waals surface area contributed by atoms with E-state index in [0.29, 0.717) is 17.5 Å². The van der Waals surface area contributed by atoms with Gasteiger partial charge in [0.2, 0.25) is 11.8 Å². The first-order valence-corrected chi connectivity index (χ1v) is 8.34. The molecule has 0 atom stereocenters. The maximum atomic E-state index is 11.9. The molecule has 2 aromatic carbocycles. The Balaban J connectivity index is 2.80. The van der Waals surface area contributed by atoms with E-state index in [0.717, 1.165) is 36.0 Å². The van der Waals surface area contributed by atoms with Crippen molar-refractivity contribution in [3.63, 3.8) is 0 Å². The van der Waals surface area contributed by atoms with Crippen LogP contribution in [0.4, 0.5) is 0 Å². The van der Waals surface area contributed by atoms with Gasteiger partial charge in [0.05, 0.1) is 0 Å². The van der Waals surface area contributed by atoms with Crippen LogP contribution in [0.3, 0.4) is 0 Å². The summed E-state index contributed by atoms with van der Waals surface area (Å²) in [6.45, 7) is 4.17. The van der Waals surface area contributed by atoms with Crippen molar-refractivity contribution in [2.75, 3.05) is 0 Å². The summed E-state index contributed by atoms with van der Waals surface area (Å²) < 4.78 is 0. The van der Waals surface area contributed by atoms with Crippen molar-refractivity contribution in [2.24, 2.45) is 11.5 Å². The van der Waals surface area contributed by atoms with Crippen LogP contribution in [0.1, 0.15) is 58.5 Å². The van der Waals surface area contributed by atoms with Gasteiger partial charge >= 0.3 is 0 Å². The first kappa shape index (κ1) is 17.7. The molecule has 0 radical (unpaired) electrons. The molecule has 0 aromatic heterocycles. The van der Waals surface area contributed by atoms with E-state index in [2.05, 4.69) is 19.9 Å². The van der Waals surface area contributed by atoms with Gasteiger partial charge in [0.15, 0.2) is 0 Å². The largest absolute Gasteiger partial charge is 0.366 e. The Morgan fingerprint density at radius 1 is 0.875 bits per heavy atom. The molecule has 0 aliphatic rings. The Morgan fingerprint density at radius 3 is 2.12 bits per heavy atom. The van der Waals surface area contributed by atoms with Crippen LogP contribution in [0, 0.1) is 0 Å². The lowest BCUT2D eigenvalue weighted by Crippen LogP contribution is -2.18. The predicted octanol–water partition coefficient (Wildman–Crippen LogP) is 3.46. The highest BCUT2D eigenvalue weighted by Gasteiger charge is 2.18. The summed E-state index contributed by atoms with van der Waals surface area (Å²) in [4.78, 5) is 23.6. The summed E-state index contributed by atoms with van der Waals surface area (Å²) in [5.74, 6) is -1.09. The average molecular weight is 324 g/mol. The average Bonchev–Trinajstić information content (AvgIpc) is 2.55. The maximum absolute atomic E-state index is 11.9. The SMILES string of the molecule is CCCc1ccccc1-c1cc(C(N)=O)cc(C(N)=O)c1CCC. The molecule has 0 heterocycles. The fourth-order valence-electron chi connectivity index (χ4n) is 3.06. The zero-order valence-corrected chi connectivity index (χ0v) is 14.3. The van der Waals surface area contributed by atoms with E-state index in [1.165, 1.54) is 11.6 Å². The van der Waals surface area contributed by atoms with E-state index in [1.54, 1.807) is 6.07 Å². The third-order valence-corrected chi connectivity index (χ3v) is 4.13. The van der Waals surface area contributed by atoms with Crippen LogP contribution in [-0.2, 0) is 12.8 Å². The van der Waals surface area contributed by atoms with Gasteiger partial charge in [-0.05, 0) is 47.2 Å². The van der Waals surface area contributed by atoms with Crippen LogP contribution in [0.25, 0.3) is 11.1 Å². The number of nitrogens with two attached hydrogens (primary N) is 2. The third kappa shape index (κ3) is 3.65. The van der Waals surface area contributed by atoms with Crippen LogP contribution in [0.5, 0.6) is 0 Å². The van der Waals surface area contributed by atoms with Crippen LogP contribution in [-0.4, -0.2) is 11.8 Å². The molecular weight excluding hydrogens is 300 g/mol. The second kappa shape index (κ2) is 7.77. The lowest BCUT2D eigenvalue weighted by Gasteiger charge is -2.17. The van der Waals surface area contributed by atoms with Gasteiger partial charge in [-0.2, -0.15) is 0 Å². The fraction of sp³-hybridized carbons (Fsp3) is 0.300. The molecule has 0 aliphatic carbocycles. The standard InChI is InChI=1S/C20H24N2O2/c1-3-7-13-9-5-6-10-15(13)17-11-14(19(21)23)12-18(20(22)24)16(17)8-4-2/h5-6,9-12H,3-4,7-8H2,1-2H3,(H2,21,23)(H2,22,24). The van der Waals surface area contributed by atoms with Crippen molar-refractivity contribution >= 4 is 11.8 Å². The molecule has 4 heteroatoms. The molecular formula is C20H24N2O2. The second-order valence-electron chi connectivity index (χ2n) is 5.94. The monoisotopic (exact) mass is 324 g/mol. The van der Waals surface area contributed by atoms with Gasteiger partial charge < -0.3 is 11.5 Å². The Hall–Kier alpha value is -2.62. The highest BCUT2D eigenvalue weighted by atomic mass is 16.1. The highest BCUT2D eigenvalue weighted by molar-refractivity contribution is 6.02. The van der Waals surface area contributed by atoms with Crippen molar-refractivity contribution in [2.45, 2.75) is 39.5 Å². The quantitative estimate of drug-likeness (QED) is 0.817. The molecule has 0 unspecified atom stereocenters. The fourth-order valence-corrected chi connectivity index (χ4v) is 3.06. The van der Waals surface area contributed by atoms with Crippen LogP contribution >= 0.6 is 0 Å². The maximum Gasteiger partial charge on any atom is 0.249 e. The van der Waals surface area contributed by atoms with Crippen molar-refractivity contribution in [3.8, 4) is 11.1 Å². The molecule has 24 heavy (non-hydrogen) atoms. The zero-order valence-electron chi connectivity index (χ0n) is 14.3. The van der Waals surface area contributed by atoms with Crippen molar-refractivity contribution in [1.29, 1.82) is 0 Å². The van der Waals surface area contributed by atoms with Gasteiger partial charge in [-0.1, -0.05) is 51.0 Å². The molecule has 2 aromatic rings. The summed E-state index contributed by atoms with van der Waals surface area (Å²) in [5.41, 5.74) is 15.7. The Kier molecular flexibility index (Phi) is 5.74. The number of aryl methyl sites for hydroxylation is 1. The van der Waals surface area contributed by atoms with E-state index in [4.69, 9.17) is 11.5 Å². The molecule has 0 spiro atoms. The minimum absolute atomic E-state index is 0.310. The number of amides is 2. The van der Waals surface area contributed by atoms with Crippen LogP contribution in [0.15, 0.2) is 36.4 Å². The number of carbonyl (C=O) groups is 2. The minimum atomic E-state index is -0.560. The van der Waals surface area contributed by atoms with Crippen LogP contribution < -0.4 is 11.5 Å². The molecule has 126 valence electrons. The number of hydrogen-bond donors (Lipinski definition) is 2. The van der Waals surface area contributed by atoms with Crippen molar-refractivity contribution in [3.05, 3.63) is 58.7 Å². The summed E-state index contributed by atoms with van der Waals surface area (Å²) in [5, 5.41) is 0. The van der Waals surface area contributed by atoms with Gasteiger partial charge in [0, 0.05) is 11.1 Å². The van der Waals surface area contributed by atoms with Gasteiger partial charge in [-0.3, -0.25) is 9.59 Å². The summed E-state index contributed by atoms with van der Waals surface area (Å²) in [7, 11) is 0. The topological polar surface area (TPSA) is 86.2 Å². The highest BCUT2D eigenvalue weighted by Crippen LogP contribution is 2.32. The summed E-state index contributed by atoms with van der Waals surface area (Å²) >= 11 is 0. The van der Waals surface area contributed by atoms with Gasteiger partial charge in [0.25, 0.3) is 0 Å². The number of benzene rings is 2. The van der Waals surface area contributed by atoms with E-state index < -0.39 is 11.8 Å². The Labute approximate surface area is 142 Å². The third-order valence-electron chi connectivity index (χ3n) is 4.13. The lowest BCUT2D eigenvalue weighted by molar-refractivity contribution is 0.0998. The first-order valence-electron chi connectivity index (χ1n) is 8.34. The smallest absolute Gasteiger partial charge is 0.249 e.